The average molecular weight is 252 g/mol. The number of fused-ring (bicyclic) bond motifs is 1. The lowest BCUT2D eigenvalue weighted by atomic mass is 10.1. The summed E-state index contributed by atoms with van der Waals surface area (Å²) in [7, 11) is 2.00. The molecule has 2 N–H and O–H groups in total. The van der Waals surface area contributed by atoms with Crippen LogP contribution in [0.5, 0.6) is 0 Å². The van der Waals surface area contributed by atoms with Crippen molar-refractivity contribution in [2.75, 3.05) is 0 Å². The van der Waals surface area contributed by atoms with Crippen molar-refractivity contribution in [3.05, 3.63) is 48.2 Å². The van der Waals surface area contributed by atoms with Crippen LogP contribution in [-0.2, 0) is 7.05 Å². The third-order valence-electron chi connectivity index (χ3n) is 3.32. The number of hydrogen-bond donors (Lipinski definition) is 1. The van der Waals surface area contributed by atoms with Gasteiger partial charge in [0.2, 0.25) is 0 Å². The first-order valence-electron chi connectivity index (χ1n) is 6.30. The molecule has 0 aliphatic heterocycles. The Morgan fingerprint density at radius 1 is 1.21 bits per heavy atom. The van der Waals surface area contributed by atoms with E-state index in [0.717, 1.165) is 28.1 Å². The van der Waals surface area contributed by atoms with Crippen LogP contribution >= 0.6 is 0 Å². The number of rotatable bonds is 2. The van der Waals surface area contributed by atoms with Crippen molar-refractivity contribution in [3.63, 3.8) is 0 Å². The number of imidazole rings is 1. The highest BCUT2D eigenvalue weighted by Crippen LogP contribution is 2.24. The number of aryl methyl sites for hydroxylation is 1. The first-order valence-corrected chi connectivity index (χ1v) is 6.30. The highest BCUT2D eigenvalue weighted by Gasteiger charge is 2.11. The summed E-state index contributed by atoms with van der Waals surface area (Å²) in [6, 6.07) is 12.0. The molecule has 1 aromatic carbocycles. The van der Waals surface area contributed by atoms with Gasteiger partial charge in [0.25, 0.3) is 0 Å². The Morgan fingerprint density at radius 2 is 2.05 bits per heavy atom. The number of aromatic nitrogens is 3. The minimum atomic E-state index is 0.0256. The summed E-state index contributed by atoms with van der Waals surface area (Å²) in [5, 5.41) is 0. The van der Waals surface area contributed by atoms with E-state index in [-0.39, 0.29) is 6.04 Å². The van der Waals surface area contributed by atoms with Crippen LogP contribution in [0, 0.1) is 0 Å². The zero-order valence-corrected chi connectivity index (χ0v) is 11.0. The van der Waals surface area contributed by atoms with E-state index in [1.807, 2.05) is 44.3 Å². The number of hydrogen-bond acceptors (Lipinski definition) is 3. The van der Waals surface area contributed by atoms with Gasteiger partial charge in [-0.05, 0) is 36.8 Å². The summed E-state index contributed by atoms with van der Waals surface area (Å²) in [5.41, 5.74) is 9.97. The van der Waals surface area contributed by atoms with E-state index in [9.17, 15) is 0 Å². The topological polar surface area (TPSA) is 56.7 Å². The minimum absolute atomic E-state index is 0.0256. The lowest BCUT2D eigenvalue weighted by Gasteiger charge is -2.06. The third kappa shape index (κ3) is 2.00. The fourth-order valence-corrected chi connectivity index (χ4v) is 2.21. The summed E-state index contributed by atoms with van der Waals surface area (Å²) in [6.45, 7) is 1.98. The molecule has 0 spiro atoms. The van der Waals surface area contributed by atoms with Crippen LogP contribution in [0.25, 0.3) is 22.6 Å². The molecule has 0 aliphatic carbocycles. The molecule has 0 bridgehead atoms. The van der Waals surface area contributed by atoms with Gasteiger partial charge in [-0.3, -0.25) is 4.98 Å². The summed E-state index contributed by atoms with van der Waals surface area (Å²) in [5.74, 6) is 0.873. The quantitative estimate of drug-likeness (QED) is 0.762. The van der Waals surface area contributed by atoms with Crippen LogP contribution in [0.3, 0.4) is 0 Å². The lowest BCUT2D eigenvalue weighted by molar-refractivity contribution is 0.818. The van der Waals surface area contributed by atoms with E-state index in [1.165, 1.54) is 0 Å². The van der Waals surface area contributed by atoms with Crippen LogP contribution < -0.4 is 5.73 Å². The minimum Gasteiger partial charge on any atom is -0.326 e. The second-order valence-corrected chi connectivity index (χ2v) is 4.75. The zero-order chi connectivity index (χ0) is 13.4. The molecule has 4 nitrogen and oxygen atoms in total. The van der Waals surface area contributed by atoms with Crippen LogP contribution in [0.2, 0.25) is 0 Å². The highest BCUT2D eigenvalue weighted by molar-refractivity contribution is 5.80. The summed E-state index contributed by atoms with van der Waals surface area (Å²) >= 11 is 0. The molecule has 0 aliphatic rings. The van der Waals surface area contributed by atoms with E-state index < -0.39 is 0 Å². The molecule has 2 heterocycles. The molecule has 3 rings (SSSR count). The molecule has 96 valence electrons. The van der Waals surface area contributed by atoms with Gasteiger partial charge in [0.15, 0.2) is 5.82 Å². The largest absolute Gasteiger partial charge is 0.326 e. The molecular weight excluding hydrogens is 236 g/mol. The van der Waals surface area contributed by atoms with E-state index in [1.54, 1.807) is 6.20 Å². The molecule has 0 saturated carbocycles. The first-order chi connectivity index (χ1) is 9.16. The second-order valence-electron chi connectivity index (χ2n) is 4.75. The van der Waals surface area contributed by atoms with Gasteiger partial charge in [-0.2, -0.15) is 0 Å². The standard InChI is InChI=1S/C15H16N4/c1-10(16)11-6-7-12-14(9-11)19(2)15(18-12)13-5-3-4-8-17-13/h3-10H,16H2,1-2H3. The van der Waals surface area contributed by atoms with Gasteiger partial charge in [-0.1, -0.05) is 12.1 Å². The van der Waals surface area contributed by atoms with Crippen LogP contribution in [-0.4, -0.2) is 14.5 Å². The third-order valence-corrected chi connectivity index (χ3v) is 3.32. The monoisotopic (exact) mass is 252 g/mol. The van der Waals surface area contributed by atoms with E-state index in [2.05, 4.69) is 20.6 Å². The van der Waals surface area contributed by atoms with Gasteiger partial charge in [0.1, 0.15) is 5.69 Å². The molecule has 2 aromatic heterocycles. The fraction of sp³-hybridized carbons (Fsp3) is 0.200. The maximum atomic E-state index is 5.93. The van der Waals surface area contributed by atoms with Crippen molar-refractivity contribution in [1.82, 2.24) is 14.5 Å². The molecular formula is C15H16N4. The SMILES string of the molecule is CC(N)c1ccc2nc(-c3ccccn3)n(C)c2c1. The molecule has 1 unspecified atom stereocenters. The molecule has 3 aromatic rings. The zero-order valence-electron chi connectivity index (χ0n) is 11.0. The molecule has 19 heavy (non-hydrogen) atoms. The Morgan fingerprint density at radius 3 is 2.74 bits per heavy atom. The summed E-state index contributed by atoms with van der Waals surface area (Å²) < 4.78 is 2.06. The van der Waals surface area contributed by atoms with E-state index in [0.29, 0.717) is 0 Å². The Balaban J connectivity index is 2.21. The smallest absolute Gasteiger partial charge is 0.159 e. The molecule has 4 heteroatoms. The highest BCUT2D eigenvalue weighted by atomic mass is 15.1. The number of pyridine rings is 1. The van der Waals surface area contributed by atoms with Crippen LogP contribution in [0.1, 0.15) is 18.5 Å². The van der Waals surface area contributed by atoms with Crippen molar-refractivity contribution in [3.8, 4) is 11.5 Å². The fourth-order valence-electron chi connectivity index (χ4n) is 2.21. The summed E-state index contributed by atoms with van der Waals surface area (Å²) in [6.07, 6.45) is 1.78. The van der Waals surface area contributed by atoms with Crippen LogP contribution in [0.4, 0.5) is 0 Å². The number of benzene rings is 1. The lowest BCUT2D eigenvalue weighted by Crippen LogP contribution is -2.04. The van der Waals surface area contributed by atoms with Crippen LogP contribution in [0.15, 0.2) is 42.6 Å². The predicted molar refractivity (Wildman–Crippen MR) is 76.5 cm³/mol. The average Bonchev–Trinajstić information content (AvgIpc) is 2.77. The van der Waals surface area contributed by atoms with Crippen molar-refractivity contribution in [2.24, 2.45) is 12.8 Å². The molecule has 1 atom stereocenters. The van der Waals surface area contributed by atoms with Crippen molar-refractivity contribution >= 4 is 11.0 Å². The molecule has 0 amide bonds. The number of nitrogens with zero attached hydrogens (tertiary/aromatic N) is 3. The Bertz CT molecular complexity index is 714. The Kier molecular flexibility index (Phi) is 2.80. The van der Waals surface area contributed by atoms with Crippen molar-refractivity contribution in [1.29, 1.82) is 0 Å². The molecule has 0 saturated heterocycles. The molecule has 0 radical (unpaired) electrons. The van der Waals surface area contributed by atoms with Gasteiger partial charge >= 0.3 is 0 Å². The predicted octanol–water partition coefficient (Wildman–Crippen LogP) is 2.66. The van der Waals surface area contributed by atoms with E-state index >= 15 is 0 Å². The van der Waals surface area contributed by atoms with Crippen molar-refractivity contribution in [2.45, 2.75) is 13.0 Å². The van der Waals surface area contributed by atoms with Gasteiger partial charge in [-0.25, -0.2) is 4.98 Å². The van der Waals surface area contributed by atoms with Gasteiger partial charge in [0.05, 0.1) is 11.0 Å². The summed E-state index contributed by atoms with van der Waals surface area (Å²) in [4.78, 5) is 9.00. The Hall–Kier alpha value is -2.20. The molecule has 0 fully saturated rings. The van der Waals surface area contributed by atoms with E-state index in [4.69, 9.17) is 5.73 Å². The van der Waals surface area contributed by atoms with Gasteiger partial charge in [-0.15, -0.1) is 0 Å². The van der Waals surface area contributed by atoms with Gasteiger partial charge in [0, 0.05) is 19.3 Å². The first kappa shape index (κ1) is 11.9. The number of nitrogens with two attached hydrogens (primary N) is 1. The maximum Gasteiger partial charge on any atom is 0.159 e. The normalized spacial score (nSPS) is 12.8. The van der Waals surface area contributed by atoms with Crippen molar-refractivity contribution < 1.29 is 0 Å². The maximum absolute atomic E-state index is 5.93. The van der Waals surface area contributed by atoms with Gasteiger partial charge < -0.3 is 10.3 Å². The Labute approximate surface area is 111 Å². The second kappa shape index (κ2) is 4.48.